The monoisotopic (exact) mass is 359 g/mol. The first-order valence-electron chi connectivity index (χ1n) is 6.04. The molecule has 0 aliphatic carbocycles. The van der Waals surface area contributed by atoms with Crippen molar-refractivity contribution in [1.29, 1.82) is 0 Å². The lowest BCUT2D eigenvalue weighted by Crippen LogP contribution is -2.15. The molecule has 0 aliphatic rings. The molecule has 1 nitrogen and oxygen atoms in total. The first kappa shape index (κ1) is 15.4. The van der Waals surface area contributed by atoms with Crippen LogP contribution in [0.15, 0.2) is 34.8 Å². The third-order valence-electron chi connectivity index (χ3n) is 3.19. The second-order valence-corrected chi connectivity index (χ2v) is 5.90. The fraction of sp³-hybridized carbons (Fsp3) is 0.200. The molecule has 0 fully saturated rings. The Balaban J connectivity index is 2.30. The second kappa shape index (κ2) is 6.20. The molecular weight excluding hydrogens is 348 g/mol. The Labute approximate surface area is 129 Å². The van der Waals surface area contributed by atoms with Crippen LogP contribution in [0.25, 0.3) is 0 Å². The Morgan fingerprint density at radius 2 is 1.95 bits per heavy atom. The van der Waals surface area contributed by atoms with E-state index in [-0.39, 0.29) is 16.5 Å². The molecule has 0 radical (unpaired) electrons. The maximum absolute atomic E-state index is 13.9. The maximum atomic E-state index is 13.9. The van der Waals surface area contributed by atoms with Gasteiger partial charge in [-0.05, 0) is 58.6 Å². The van der Waals surface area contributed by atoms with Crippen molar-refractivity contribution in [3.63, 3.8) is 0 Å². The molecule has 2 rings (SSSR count). The summed E-state index contributed by atoms with van der Waals surface area (Å²) in [5.41, 5.74) is 7.68. The number of aryl methyl sites for hydroxylation is 1. The molecule has 0 bridgehead atoms. The van der Waals surface area contributed by atoms with Crippen molar-refractivity contribution >= 4 is 27.5 Å². The fourth-order valence-electron chi connectivity index (χ4n) is 1.93. The van der Waals surface area contributed by atoms with Crippen molar-refractivity contribution in [2.24, 2.45) is 5.73 Å². The molecule has 0 amide bonds. The zero-order valence-corrected chi connectivity index (χ0v) is 13.1. The highest BCUT2D eigenvalue weighted by Gasteiger charge is 2.17. The van der Waals surface area contributed by atoms with Gasteiger partial charge in [-0.25, -0.2) is 8.78 Å². The summed E-state index contributed by atoms with van der Waals surface area (Å²) in [5.74, 6) is -1.21. The maximum Gasteiger partial charge on any atom is 0.143 e. The van der Waals surface area contributed by atoms with Gasteiger partial charge in [-0.1, -0.05) is 23.7 Å². The van der Waals surface area contributed by atoms with Crippen LogP contribution in [-0.4, -0.2) is 0 Å². The number of nitrogens with two attached hydrogens (primary N) is 1. The van der Waals surface area contributed by atoms with E-state index in [0.29, 0.717) is 5.02 Å². The molecule has 20 heavy (non-hydrogen) atoms. The van der Waals surface area contributed by atoms with Crippen molar-refractivity contribution in [1.82, 2.24) is 0 Å². The summed E-state index contributed by atoms with van der Waals surface area (Å²) in [5, 5.41) is 0.591. The van der Waals surface area contributed by atoms with Crippen LogP contribution in [0.2, 0.25) is 5.02 Å². The van der Waals surface area contributed by atoms with Gasteiger partial charge >= 0.3 is 0 Å². The Kier molecular flexibility index (Phi) is 4.78. The summed E-state index contributed by atoms with van der Waals surface area (Å²) in [6.45, 7) is 1.88. The van der Waals surface area contributed by atoms with E-state index in [0.717, 1.165) is 11.1 Å². The summed E-state index contributed by atoms with van der Waals surface area (Å²) in [4.78, 5) is 0. The molecule has 1 unspecified atom stereocenters. The van der Waals surface area contributed by atoms with E-state index < -0.39 is 17.7 Å². The highest BCUT2D eigenvalue weighted by molar-refractivity contribution is 9.10. The molecule has 0 spiro atoms. The summed E-state index contributed by atoms with van der Waals surface area (Å²) < 4.78 is 27.8. The quantitative estimate of drug-likeness (QED) is 0.772. The fourth-order valence-corrected chi connectivity index (χ4v) is 2.49. The van der Waals surface area contributed by atoms with Crippen molar-refractivity contribution in [3.8, 4) is 0 Å². The van der Waals surface area contributed by atoms with Crippen LogP contribution >= 0.6 is 27.5 Å². The third kappa shape index (κ3) is 3.19. The lowest BCUT2D eigenvalue weighted by atomic mass is 9.98. The van der Waals surface area contributed by atoms with Crippen molar-refractivity contribution in [2.45, 2.75) is 19.4 Å². The molecule has 0 heterocycles. The van der Waals surface area contributed by atoms with E-state index in [9.17, 15) is 8.78 Å². The number of rotatable bonds is 3. The van der Waals surface area contributed by atoms with E-state index in [2.05, 4.69) is 15.9 Å². The second-order valence-electron chi connectivity index (χ2n) is 4.64. The van der Waals surface area contributed by atoms with Gasteiger partial charge in [-0.3, -0.25) is 0 Å². The van der Waals surface area contributed by atoms with E-state index >= 15 is 0 Å². The van der Waals surface area contributed by atoms with Gasteiger partial charge in [0.15, 0.2) is 0 Å². The summed E-state index contributed by atoms with van der Waals surface area (Å²) >= 11 is 9.08. The molecule has 5 heteroatoms. The molecular formula is C15H13BrClF2N. The molecule has 1 atom stereocenters. The molecule has 0 aromatic heterocycles. The Morgan fingerprint density at radius 1 is 1.25 bits per heavy atom. The van der Waals surface area contributed by atoms with Gasteiger partial charge in [0.05, 0.1) is 4.47 Å². The molecule has 2 N–H and O–H groups in total. The normalized spacial score (nSPS) is 12.5. The third-order valence-corrected chi connectivity index (χ3v) is 4.21. The van der Waals surface area contributed by atoms with E-state index in [1.807, 2.05) is 19.1 Å². The van der Waals surface area contributed by atoms with Crippen LogP contribution < -0.4 is 5.73 Å². The minimum Gasteiger partial charge on any atom is -0.324 e. The van der Waals surface area contributed by atoms with Gasteiger partial charge < -0.3 is 5.73 Å². The summed E-state index contributed by atoms with van der Waals surface area (Å²) in [6, 6.07) is 7.42. The van der Waals surface area contributed by atoms with Crippen LogP contribution in [0.5, 0.6) is 0 Å². The largest absolute Gasteiger partial charge is 0.324 e. The van der Waals surface area contributed by atoms with Gasteiger partial charge in [0.1, 0.15) is 11.6 Å². The number of halogens is 4. The molecule has 106 valence electrons. The number of hydrogen-bond donors (Lipinski definition) is 1. The average Bonchev–Trinajstić information content (AvgIpc) is 2.42. The smallest absolute Gasteiger partial charge is 0.143 e. The van der Waals surface area contributed by atoms with Gasteiger partial charge in [-0.2, -0.15) is 0 Å². The van der Waals surface area contributed by atoms with Crippen LogP contribution in [0.3, 0.4) is 0 Å². The topological polar surface area (TPSA) is 26.0 Å². The lowest BCUT2D eigenvalue weighted by Gasteiger charge is -2.15. The highest BCUT2D eigenvalue weighted by Crippen LogP contribution is 2.27. The molecule has 0 saturated carbocycles. The first-order chi connectivity index (χ1) is 9.40. The first-order valence-corrected chi connectivity index (χ1v) is 7.21. The van der Waals surface area contributed by atoms with Crippen molar-refractivity contribution in [3.05, 3.63) is 68.2 Å². The minimum absolute atomic E-state index is 0.0245. The van der Waals surface area contributed by atoms with Gasteiger partial charge in [0, 0.05) is 16.6 Å². The van der Waals surface area contributed by atoms with Crippen molar-refractivity contribution in [2.75, 3.05) is 0 Å². The van der Waals surface area contributed by atoms with Crippen LogP contribution in [-0.2, 0) is 6.42 Å². The van der Waals surface area contributed by atoms with Crippen LogP contribution in [0.1, 0.15) is 22.7 Å². The Bertz CT molecular complexity index is 646. The van der Waals surface area contributed by atoms with Crippen molar-refractivity contribution < 1.29 is 8.78 Å². The average molecular weight is 361 g/mol. The Morgan fingerprint density at radius 3 is 2.60 bits per heavy atom. The van der Waals surface area contributed by atoms with Gasteiger partial charge in [-0.15, -0.1) is 0 Å². The molecule has 2 aromatic rings. The molecule has 0 aliphatic heterocycles. The molecule has 0 saturated heterocycles. The number of benzene rings is 2. The molecule has 2 aromatic carbocycles. The highest BCUT2D eigenvalue weighted by atomic mass is 79.9. The number of hydrogen-bond acceptors (Lipinski definition) is 1. The summed E-state index contributed by atoms with van der Waals surface area (Å²) in [7, 11) is 0. The standard InChI is InChI=1S/C15H13BrClF2N/c1-8-2-3-9(6-12(8)17)14(20)7-10-13(18)5-4-11(16)15(10)19/h2-6,14H,7,20H2,1H3. The zero-order chi connectivity index (χ0) is 14.9. The van der Waals surface area contributed by atoms with Crippen LogP contribution in [0.4, 0.5) is 8.78 Å². The van der Waals surface area contributed by atoms with E-state index in [1.165, 1.54) is 12.1 Å². The Hall–Kier alpha value is -0.970. The van der Waals surface area contributed by atoms with E-state index in [1.54, 1.807) is 6.07 Å². The van der Waals surface area contributed by atoms with Crippen LogP contribution in [0, 0.1) is 18.6 Å². The lowest BCUT2D eigenvalue weighted by molar-refractivity contribution is 0.536. The van der Waals surface area contributed by atoms with Gasteiger partial charge in [0.25, 0.3) is 0 Å². The SMILES string of the molecule is Cc1ccc(C(N)Cc2c(F)ccc(Br)c2F)cc1Cl. The van der Waals surface area contributed by atoms with E-state index in [4.69, 9.17) is 17.3 Å². The predicted molar refractivity (Wildman–Crippen MR) is 80.9 cm³/mol. The minimum atomic E-state index is -0.612. The summed E-state index contributed by atoms with van der Waals surface area (Å²) in [6.07, 6.45) is 0.0660. The zero-order valence-electron chi connectivity index (χ0n) is 10.8. The van der Waals surface area contributed by atoms with Gasteiger partial charge in [0.2, 0.25) is 0 Å². The predicted octanol–water partition coefficient (Wildman–Crippen LogP) is 4.93.